The summed E-state index contributed by atoms with van der Waals surface area (Å²) < 4.78 is 13.4. The van der Waals surface area contributed by atoms with Crippen molar-refractivity contribution in [3.05, 3.63) is 23.6 Å². The minimum absolute atomic E-state index is 0.143. The van der Waals surface area contributed by atoms with E-state index in [0.717, 1.165) is 19.0 Å². The van der Waals surface area contributed by atoms with Crippen LogP contribution in [0.1, 0.15) is 30.1 Å². The molecule has 0 aromatic carbocycles. The maximum Gasteiger partial charge on any atom is 0.257 e. The fraction of sp³-hybridized carbons (Fsp3) is 0.600. The molecule has 1 aromatic rings. The number of anilines is 1. The molecule has 1 N–H and O–H groups in total. The van der Waals surface area contributed by atoms with Crippen LogP contribution in [0.2, 0.25) is 0 Å². The van der Waals surface area contributed by atoms with Gasteiger partial charge in [0.2, 0.25) is 0 Å². The van der Waals surface area contributed by atoms with Gasteiger partial charge in [-0.15, -0.1) is 0 Å². The molecule has 2 rings (SSSR count). The second-order valence-corrected chi connectivity index (χ2v) is 5.57. The van der Waals surface area contributed by atoms with E-state index in [1.807, 2.05) is 6.92 Å². The maximum absolute atomic E-state index is 13.4. The van der Waals surface area contributed by atoms with Crippen molar-refractivity contribution in [1.29, 1.82) is 0 Å². The van der Waals surface area contributed by atoms with Gasteiger partial charge >= 0.3 is 0 Å². The third-order valence-corrected chi connectivity index (χ3v) is 3.91. The van der Waals surface area contributed by atoms with Crippen molar-refractivity contribution in [3.63, 3.8) is 0 Å². The van der Waals surface area contributed by atoms with E-state index in [2.05, 4.69) is 29.3 Å². The number of hydrogen-bond donors (Lipinski definition) is 1. The zero-order valence-corrected chi connectivity index (χ0v) is 12.9. The highest BCUT2D eigenvalue weighted by Gasteiger charge is 2.26. The van der Waals surface area contributed by atoms with Gasteiger partial charge in [0.05, 0.1) is 11.8 Å². The van der Waals surface area contributed by atoms with E-state index in [1.54, 1.807) is 4.90 Å². The molecule has 1 amide bonds. The second kappa shape index (κ2) is 6.85. The van der Waals surface area contributed by atoms with Gasteiger partial charge in [0.25, 0.3) is 5.91 Å². The summed E-state index contributed by atoms with van der Waals surface area (Å²) in [5, 5.41) is 3.02. The Bertz CT molecular complexity index is 498. The number of nitrogens with one attached hydrogen (secondary N) is 1. The Morgan fingerprint density at radius 2 is 2.14 bits per heavy atom. The number of likely N-dealkylation sites (tertiary alicyclic amines) is 1. The van der Waals surface area contributed by atoms with Gasteiger partial charge in [0.1, 0.15) is 11.6 Å². The van der Waals surface area contributed by atoms with Crippen LogP contribution in [0.4, 0.5) is 10.2 Å². The Balaban J connectivity index is 2.12. The fourth-order valence-electron chi connectivity index (χ4n) is 2.67. The maximum atomic E-state index is 13.4. The van der Waals surface area contributed by atoms with Crippen molar-refractivity contribution < 1.29 is 9.18 Å². The highest BCUT2D eigenvalue weighted by atomic mass is 19.1. The molecular formula is C15H23FN4O. The van der Waals surface area contributed by atoms with E-state index >= 15 is 0 Å². The number of piperidine rings is 1. The molecule has 0 spiro atoms. The van der Waals surface area contributed by atoms with Crippen molar-refractivity contribution in [2.24, 2.45) is 0 Å². The van der Waals surface area contributed by atoms with Crippen LogP contribution >= 0.6 is 0 Å². The summed E-state index contributed by atoms with van der Waals surface area (Å²) in [6.07, 6.45) is 3.02. The third kappa shape index (κ3) is 3.69. The first-order chi connectivity index (χ1) is 10.0. The highest BCUT2D eigenvalue weighted by Crippen LogP contribution is 2.20. The van der Waals surface area contributed by atoms with Crippen molar-refractivity contribution in [2.75, 3.05) is 39.0 Å². The SMILES string of the molecule is CCNc1ncc(F)cc1C(=O)N1CCC(N(C)C)CC1. The smallest absolute Gasteiger partial charge is 0.257 e. The van der Waals surface area contributed by atoms with Gasteiger partial charge in [0.15, 0.2) is 0 Å². The van der Waals surface area contributed by atoms with Crippen LogP contribution in [0.25, 0.3) is 0 Å². The van der Waals surface area contributed by atoms with Crippen molar-refractivity contribution in [3.8, 4) is 0 Å². The molecule has 1 aliphatic rings. The number of aromatic nitrogens is 1. The molecule has 0 unspecified atom stereocenters. The first-order valence-electron chi connectivity index (χ1n) is 7.38. The number of halogens is 1. The Hall–Kier alpha value is -1.69. The number of carbonyl (C=O) groups is 1. The highest BCUT2D eigenvalue weighted by molar-refractivity contribution is 5.98. The topological polar surface area (TPSA) is 48.5 Å². The quantitative estimate of drug-likeness (QED) is 0.920. The fourth-order valence-corrected chi connectivity index (χ4v) is 2.67. The minimum atomic E-state index is -0.483. The lowest BCUT2D eigenvalue weighted by molar-refractivity contribution is 0.0663. The minimum Gasteiger partial charge on any atom is -0.370 e. The van der Waals surface area contributed by atoms with Crippen LogP contribution in [-0.2, 0) is 0 Å². The van der Waals surface area contributed by atoms with Gasteiger partial charge in [-0.1, -0.05) is 0 Å². The predicted molar refractivity (Wildman–Crippen MR) is 81.0 cm³/mol. The Morgan fingerprint density at radius 1 is 1.48 bits per heavy atom. The number of amides is 1. The summed E-state index contributed by atoms with van der Waals surface area (Å²) in [4.78, 5) is 20.6. The van der Waals surface area contributed by atoms with Crippen LogP contribution in [-0.4, -0.2) is 60.5 Å². The summed E-state index contributed by atoms with van der Waals surface area (Å²) >= 11 is 0. The summed E-state index contributed by atoms with van der Waals surface area (Å²) in [6, 6.07) is 1.78. The van der Waals surface area contributed by atoms with Crippen LogP contribution in [0.3, 0.4) is 0 Å². The summed E-state index contributed by atoms with van der Waals surface area (Å²) in [5.74, 6) is -0.169. The summed E-state index contributed by atoms with van der Waals surface area (Å²) in [7, 11) is 4.11. The van der Waals surface area contributed by atoms with E-state index in [0.29, 0.717) is 37.1 Å². The van der Waals surface area contributed by atoms with E-state index in [-0.39, 0.29) is 5.91 Å². The number of hydrogen-bond acceptors (Lipinski definition) is 4. The lowest BCUT2D eigenvalue weighted by atomic mass is 10.0. The molecule has 2 heterocycles. The zero-order valence-electron chi connectivity index (χ0n) is 12.9. The first kappa shape index (κ1) is 15.7. The molecule has 116 valence electrons. The first-order valence-corrected chi connectivity index (χ1v) is 7.38. The number of pyridine rings is 1. The van der Waals surface area contributed by atoms with Crippen molar-refractivity contribution >= 4 is 11.7 Å². The van der Waals surface area contributed by atoms with Gasteiger partial charge in [-0.2, -0.15) is 0 Å². The zero-order chi connectivity index (χ0) is 15.4. The molecule has 5 nitrogen and oxygen atoms in total. The molecule has 0 aliphatic carbocycles. The molecule has 1 saturated heterocycles. The molecule has 0 radical (unpaired) electrons. The molecule has 1 aliphatic heterocycles. The van der Waals surface area contributed by atoms with E-state index in [1.165, 1.54) is 6.07 Å². The van der Waals surface area contributed by atoms with Crippen molar-refractivity contribution in [1.82, 2.24) is 14.8 Å². The van der Waals surface area contributed by atoms with E-state index < -0.39 is 5.82 Å². The van der Waals surface area contributed by atoms with Crippen molar-refractivity contribution in [2.45, 2.75) is 25.8 Å². The van der Waals surface area contributed by atoms with Crippen LogP contribution in [0.15, 0.2) is 12.3 Å². The normalized spacial score (nSPS) is 16.3. The molecule has 0 atom stereocenters. The standard InChI is InChI=1S/C15H23FN4O/c1-4-17-14-13(9-11(16)10-18-14)15(21)20-7-5-12(6-8-20)19(2)3/h9-10,12H,4-8H2,1-3H3,(H,17,18). The number of carbonyl (C=O) groups excluding carboxylic acids is 1. The Kier molecular flexibility index (Phi) is 5.12. The Labute approximate surface area is 125 Å². The number of rotatable bonds is 4. The average Bonchev–Trinajstić information content (AvgIpc) is 2.48. The second-order valence-electron chi connectivity index (χ2n) is 5.57. The van der Waals surface area contributed by atoms with Crippen LogP contribution in [0.5, 0.6) is 0 Å². The third-order valence-electron chi connectivity index (χ3n) is 3.91. The summed E-state index contributed by atoms with van der Waals surface area (Å²) in [6.45, 7) is 3.96. The van der Waals surface area contributed by atoms with Crippen LogP contribution < -0.4 is 5.32 Å². The molecule has 21 heavy (non-hydrogen) atoms. The van der Waals surface area contributed by atoms with Gasteiger partial charge in [0, 0.05) is 25.7 Å². The predicted octanol–water partition coefficient (Wildman–Crippen LogP) is 1.82. The van der Waals surface area contributed by atoms with Gasteiger partial charge in [-0.3, -0.25) is 4.79 Å². The summed E-state index contributed by atoms with van der Waals surface area (Å²) in [5.41, 5.74) is 0.320. The van der Waals surface area contributed by atoms with Gasteiger partial charge in [-0.25, -0.2) is 9.37 Å². The van der Waals surface area contributed by atoms with E-state index in [4.69, 9.17) is 0 Å². The monoisotopic (exact) mass is 294 g/mol. The molecule has 1 fully saturated rings. The lowest BCUT2D eigenvalue weighted by Gasteiger charge is -2.35. The van der Waals surface area contributed by atoms with Crippen LogP contribution in [0, 0.1) is 5.82 Å². The molecule has 6 heteroatoms. The Morgan fingerprint density at radius 3 is 2.71 bits per heavy atom. The molecule has 1 aromatic heterocycles. The van der Waals surface area contributed by atoms with E-state index in [9.17, 15) is 9.18 Å². The largest absolute Gasteiger partial charge is 0.370 e. The lowest BCUT2D eigenvalue weighted by Crippen LogP contribution is -2.44. The van der Waals surface area contributed by atoms with Gasteiger partial charge in [-0.05, 0) is 39.9 Å². The number of nitrogens with zero attached hydrogens (tertiary/aromatic N) is 3. The molecule has 0 bridgehead atoms. The molecular weight excluding hydrogens is 271 g/mol. The average molecular weight is 294 g/mol. The van der Waals surface area contributed by atoms with Gasteiger partial charge < -0.3 is 15.1 Å². The molecule has 0 saturated carbocycles.